The number of nitrogens with one attached hydrogen (secondary N) is 1. The lowest BCUT2D eigenvalue weighted by Crippen LogP contribution is -2.38. The molecule has 6 heteroatoms. The van der Waals surface area contributed by atoms with Gasteiger partial charge in [0.05, 0.1) is 46.2 Å². The minimum Gasteiger partial charge on any atom is -0.497 e. The largest absolute Gasteiger partial charge is 0.497 e. The molecular weight excluding hydrogens is 430 g/mol. The lowest BCUT2D eigenvalue weighted by Gasteiger charge is -2.27. The summed E-state index contributed by atoms with van der Waals surface area (Å²) in [6, 6.07) is 27.2. The van der Waals surface area contributed by atoms with E-state index < -0.39 is 12.1 Å². The quantitative estimate of drug-likeness (QED) is 0.285. The van der Waals surface area contributed by atoms with E-state index in [9.17, 15) is 4.79 Å². The molecule has 0 aliphatic carbocycles. The van der Waals surface area contributed by atoms with Crippen LogP contribution in [0.4, 0.5) is 5.69 Å². The van der Waals surface area contributed by atoms with Crippen LogP contribution in [-0.2, 0) is 32.2 Å². The minimum absolute atomic E-state index is 0.276. The van der Waals surface area contributed by atoms with Crippen LogP contribution in [0.2, 0.25) is 0 Å². The van der Waals surface area contributed by atoms with E-state index in [0.717, 1.165) is 22.6 Å². The van der Waals surface area contributed by atoms with E-state index in [0.29, 0.717) is 19.8 Å². The lowest BCUT2D eigenvalue weighted by atomic mass is 10.1. The number of rotatable bonds is 13. The van der Waals surface area contributed by atoms with Crippen molar-refractivity contribution in [2.75, 3.05) is 26.1 Å². The molecule has 0 aromatic heterocycles. The van der Waals surface area contributed by atoms with Gasteiger partial charge in [0.1, 0.15) is 5.75 Å². The summed E-state index contributed by atoms with van der Waals surface area (Å²) in [5.74, 6) is 0.326. The molecule has 0 radical (unpaired) electrons. The first-order chi connectivity index (χ1) is 16.7. The van der Waals surface area contributed by atoms with E-state index in [1.54, 1.807) is 13.2 Å². The van der Waals surface area contributed by atoms with Gasteiger partial charge in [-0.2, -0.15) is 0 Å². The Morgan fingerprint density at radius 3 is 2.06 bits per heavy atom. The van der Waals surface area contributed by atoms with Gasteiger partial charge in [0, 0.05) is 11.8 Å². The zero-order valence-electron chi connectivity index (χ0n) is 19.6. The lowest BCUT2D eigenvalue weighted by molar-refractivity contribution is -0.134. The molecule has 34 heavy (non-hydrogen) atoms. The molecule has 3 aromatic rings. The van der Waals surface area contributed by atoms with E-state index >= 15 is 0 Å². The van der Waals surface area contributed by atoms with Crippen molar-refractivity contribution in [2.45, 2.75) is 25.4 Å². The second-order valence-electron chi connectivity index (χ2n) is 7.62. The van der Waals surface area contributed by atoms with Crippen LogP contribution in [0.15, 0.2) is 97.1 Å². The highest BCUT2D eigenvalue weighted by Crippen LogP contribution is 2.19. The summed E-state index contributed by atoms with van der Waals surface area (Å²) < 4.78 is 22.3. The maximum Gasteiger partial charge on any atom is 0.330 e. The fraction of sp³-hybridized carbons (Fsp3) is 0.250. The number of carbonyl (C=O) groups is 1. The first-order valence-electron chi connectivity index (χ1n) is 11.1. The molecule has 6 nitrogen and oxygen atoms in total. The molecular formula is C28H31NO5. The molecule has 0 fully saturated rings. The Balaban J connectivity index is 1.77. The molecule has 0 unspecified atom stereocenters. The number of benzene rings is 3. The third-order valence-electron chi connectivity index (χ3n) is 5.16. The van der Waals surface area contributed by atoms with Gasteiger partial charge in [-0.1, -0.05) is 60.7 Å². The molecule has 0 amide bonds. The van der Waals surface area contributed by atoms with Crippen molar-refractivity contribution < 1.29 is 23.7 Å². The number of hydrogen-bond acceptors (Lipinski definition) is 6. The maximum atomic E-state index is 11.8. The van der Waals surface area contributed by atoms with Gasteiger partial charge < -0.3 is 24.3 Å². The van der Waals surface area contributed by atoms with E-state index in [4.69, 9.17) is 18.9 Å². The number of ether oxygens (including phenoxy) is 4. The highest BCUT2D eigenvalue weighted by atomic mass is 16.5. The Morgan fingerprint density at radius 2 is 1.47 bits per heavy atom. The summed E-state index contributed by atoms with van der Waals surface area (Å²) in [5.41, 5.74) is 3.00. The van der Waals surface area contributed by atoms with Crippen molar-refractivity contribution in [3.63, 3.8) is 0 Å². The van der Waals surface area contributed by atoms with E-state index in [-0.39, 0.29) is 6.04 Å². The summed E-state index contributed by atoms with van der Waals surface area (Å²) in [6.45, 7) is 1.20. The number of methoxy groups -OCH3 is 2. The molecule has 3 rings (SSSR count). The van der Waals surface area contributed by atoms with Gasteiger partial charge in [-0.25, -0.2) is 4.79 Å². The van der Waals surface area contributed by atoms with Crippen molar-refractivity contribution >= 4 is 11.7 Å². The highest BCUT2D eigenvalue weighted by molar-refractivity contribution is 5.81. The molecule has 178 valence electrons. The number of anilines is 1. The molecule has 0 saturated heterocycles. The molecule has 0 heterocycles. The Kier molecular flexibility index (Phi) is 10.2. The van der Waals surface area contributed by atoms with Crippen LogP contribution in [0.3, 0.4) is 0 Å². The smallest absolute Gasteiger partial charge is 0.330 e. The van der Waals surface area contributed by atoms with Crippen molar-refractivity contribution in [2.24, 2.45) is 0 Å². The third kappa shape index (κ3) is 8.39. The average molecular weight is 462 g/mol. The van der Waals surface area contributed by atoms with Gasteiger partial charge in [-0.15, -0.1) is 0 Å². The monoisotopic (exact) mass is 461 g/mol. The normalized spacial score (nSPS) is 12.8. The van der Waals surface area contributed by atoms with Crippen LogP contribution in [-0.4, -0.2) is 38.9 Å². The summed E-state index contributed by atoms with van der Waals surface area (Å²) >= 11 is 0. The molecule has 0 bridgehead atoms. The fourth-order valence-corrected chi connectivity index (χ4v) is 3.31. The van der Waals surface area contributed by atoms with E-state index in [1.807, 2.05) is 84.9 Å². The summed E-state index contributed by atoms with van der Waals surface area (Å²) in [4.78, 5) is 11.8. The molecule has 0 aliphatic heterocycles. The topological polar surface area (TPSA) is 66.0 Å². The van der Waals surface area contributed by atoms with Gasteiger partial charge in [0.2, 0.25) is 0 Å². The average Bonchev–Trinajstić information content (AvgIpc) is 2.89. The second-order valence-corrected chi connectivity index (χ2v) is 7.62. The van der Waals surface area contributed by atoms with Crippen molar-refractivity contribution in [3.05, 3.63) is 108 Å². The molecule has 1 N–H and O–H groups in total. The van der Waals surface area contributed by atoms with Crippen LogP contribution < -0.4 is 10.1 Å². The predicted octanol–water partition coefficient (Wildman–Crippen LogP) is 5.01. The minimum atomic E-state index is -0.461. The van der Waals surface area contributed by atoms with Crippen LogP contribution in [0.5, 0.6) is 5.75 Å². The van der Waals surface area contributed by atoms with Crippen LogP contribution >= 0.6 is 0 Å². The zero-order valence-corrected chi connectivity index (χ0v) is 19.6. The molecule has 0 saturated carbocycles. The standard InChI is InChI=1S/C28H31NO5/c1-31-25-15-13-24(14-16-25)29-26(21-33-19-22-9-5-3-6-10-22)27(17-18-28(30)32-2)34-20-23-11-7-4-8-12-23/h3-18,26-27,29H,19-21H2,1-2H3/b18-17+/t26-,27-/m1/s1. The zero-order chi connectivity index (χ0) is 24.0. The third-order valence-corrected chi connectivity index (χ3v) is 5.16. The van der Waals surface area contributed by atoms with Crippen molar-refractivity contribution in [3.8, 4) is 5.75 Å². The Bertz CT molecular complexity index is 1010. The number of carbonyl (C=O) groups excluding carboxylic acids is 1. The first kappa shape index (κ1) is 25.0. The molecule has 2 atom stereocenters. The van der Waals surface area contributed by atoms with E-state index in [2.05, 4.69) is 5.32 Å². The molecule has 0 spiro atoms. The van der Waals surface area contributed by atoms with Crippen LogP contribution in [0.1, 0.15) is 11.1 Å². The molecule has 0 aliphatic rings. The Hall–Kier alpha value is -3.61. The Morgan fingerprint density at radius 1 is 0.853 bits per heavy atom. The van der Waals surface area contributed by atoms with Crippen molar-refractivity contribution in [1.29, 1.82) is 0 Å². The van der Waals surface area contributed by atoms with Crippen molar-refractivity contribution in [1.82, 2.24) is 0 Å². The number of hydrogen-bond donors (Lipinski definition) is 1. The summed E-state index contributed by atoms with van der Waals surface area (Å²) in [7, 11) is 2.98. The van der Waals surface area contributed by atoms with E-state index in [1.165, 1.54) is 13.2 Å². The van der Waals surface area contributed by atoms with Gasteiger partial charge in [-0.05, 0) is 41.5 Å². The maximum absolute atomic E-state index is 11.8. The summed E-state index contributed by atoms with van der Waals surface area (Å²) in [6.07, 6.45) is 2.63. The first-order valence-corrected chi connectivity index (χ1v) is 11.1. The molecule has 3 aromatic carbocycles. The van der Waals surface area contributed by atoms with Gasteiger partial charge in [0.15, 0.2) is 0 Å². The van der Waals surface area contributed by atoms with Crippen LogP contribution in [0.25, 0.3) is 0 Å². The highest BCUT2D eigenvalue weighted by Gasteiger charge is 2.21. The SMILES string of the molecule is COC(=O)/C=C/[C@@H](OCc1ccccc1)[C@@H](COCc1ccccc1)Nc1ccc(OC)cc1. The fourth-order valence-electron chi connectivity index (χ4n) is 3.31. The summed E-state index contributed by atoms with van der Waals surface area (Å²) in [5, 5.41) is 3.49. The predicted molar refractivity (Wildman–Crippen MR) is 133 cm³/mol. The van der Waals surface area contributed by atoms with Gasteiger partial charge >= 0.3 is 5.97 Å². The van der Waals surface area contributed by atoms with Crippen LogP contribution in [0, 0.1) is 0 Å². The van der Waals surface area contributed by atoms with Gasteiger partial charge in [0.25, 0.3) is 0 Å². The number of esters is 1. The Labute approximate surface area is 201 Å². The second kappa shape index (κ2) is 13.8. The van der Waals surface area contributed by atoms with Gasteiger partial charge in [-0.3, -0.25) is 0 Å².